The molecule has 130 valence electrons. The molecular formula is C17H20ClNO4S. The first-order chi connectivity index (χ1) is 11.4. The summed E-state index contributed by atoms with van der Waals surface area (Å²) in [5.74, 6) is 0. The summed E-state index contributed by atoms with van der Waals surface area (Å²) in [4.78, 5) is 0.0245. The Morgan fingerprint density at radius 1 is 1.17 bits per heavy atom. The van der Waals surface area contributed by atoms with Crippen molar-refractivity contribution in [1.82, 2.24) is 4.72 Å². The topological polar surface area (TPSA) is 75.6 Å². The van der Waals surface area contributed by atoms with Crippen LogP contribution in [0.5, 0.6) is 0 Å². The van der Waals surface area contributed by atoms with E-state index in [1.54, 1.807) is 12.1 Å². The Hall–Kier alpha value is -1.44. The molecule has 0 radical (unpaired) electrons. The molecule has 0 aliphatic heterocycles. The van der Waals surface area contributed by atoms with Gasteiger partial charge in [-0.1, -0.05) is 53.6 Å². The Labute approximate surface area is 147 Å². The summed E-state index contributed by atoms with van der Waals surface area (Å²) in [7, 11) is -3.75. The largest absolute Gasteiger partial charge is 0.394 e. The maximum absolute atomic E-state index is 12.4. The van der Waals surface area contributed by atoms with Gasteiger partial charge in [0, 0.05) is 6.54 Å². The lowest BCUT2D eigenvalue weighted by Crippen LogP contribution is -2.30. The summed E-state index contributed by atoms with van der Waals surface area (Å²) in [6.07, 6.45) is -0.505. The van der Waals surface area contributed by atoms with E-state index in [1.807, 2.05) is 31.2 Å². The van der Waals surface area contributed by atoms with Crippen molar-refractivity contribution in [2.24, 2.45) is 0 Å². The number of benzene rings is 2. The van der Waals surface area contributed by atoms with Crippen LogP contribution in [0.3, 0.4) is 0 Å². The molecule has 2 rings (SSSR count). The second-order valence-corrected chi connectivity index (χ2v) is 7.42. The highest BCUT2D eigenvalue weighted by atomic mass is 35.5. The lowest BCUT2D eigenvalue weighted by molar-refractivity contribution is 0.0309. The van der Waals surface area contributed by atoms with Gasteiger partial charge in [-0.05, 0) is 24.6 Å². The molecule has 2 N–H and O–H groups in total. The fraction of sp³-hybridized carbons (Fsp3) is 0.294. The molecule has 5 nitrogen and oxygen atoms in total. The van der Waals surface area contributed by atoms with Gasteiger partial charge in [-0.15, -0.1) is 0 Å². The average Bonchev–Trinajstić information content (AvgIpc) is 2.56. The van der Waals surface area contributed by atoms with E-state index in [2.05, 4.69) is 4.72 Å². The first-order valence-electron chi connectivity index (χ1n) is 7.47. The molecule has 1 atom stereocenters. The van der Waals surface area contributed by atoms with Gasteiger partial charge in [-0.25, -0.2) is 13.1 Å². The van der Waals surface area contributed by atoms with Crippen LogP contribution in [-0.4, -0.2) is 33.3 Å². The molecule has 0 aliphatic rings. The predicted octanol–water partition coefficient (Wildman–Crippen LogP) is 2.68. The van der Waals surface area contributed by atoms with Crippen LogP contribution in [-0.2, 0) is 14.8 Å². The number of aryl methyl sites for hydroxylation is 1. The minimum absolute atomic E-state index is 0.0245. The molecule has 0 spiro atoms. The smallest absolute Gasteiger partial charge is 0.242 e. The first kappa shape index (κ1) is 18.9. The number of aliphatic hydroxyl groups is 1. The second-order valence-electron chi connectivity index (χ2n) is 5.28. The average molecular weight is 370 g/mol. The van der Waals surface area contributed by atoms with E-state index in [-0.39, 0.29) is 29.7 Å². The molecule has 7 heteroatoms. The van der Waals surface area contributed by atoms with Gasteiger partial charge < -0.3 is 9.84 Å². The van der Waals surface area contributed by atoms with Crippen molar-refractivity contribution in [1.29, 1.82) is 0 Å². The fourth-order valence-electron chi connectivity index (χ4n) is 2.17. The number of nitrogens with one attached hydrogen (secondary N) is 1. The summed E-state index contributed by atoms with van der Waals surface area (Å²) >= 11 is 5.96. The number of hydrogen-bond donors (Lipinski definition) is 2. The van der Waals surface area contributed by atoms with Crippen molar-refractivity contribution < 1.29 is 18.3 Å². The normalized spacial score (nSPS) is 13.0. The van der Waals surface area contributed by atoms with E-state index in [1.165, 1.54) is 12.1 Å². The Balaban J connectivity index is 2.15. The van der Waals surface area contributed by atoms with E-state index in [0.29, 0.717) is 0 Å². The molecule has 0 aliphatic carbocycles. The highest BCUT2D eigenvalue weighted by molar-refractivity contribution is 7.89. The number of sulfonamides is 1. The van der Waals surface area contributed by atoms with Gasteiger partial charge in [0.05, 0.1) is 24.3 Å². The van der Waals surface area contributed by atoms with Crippen LogP contribution in [0.4, 0.5) is 0 Å². The second kappa shape index (κ2) is 8.60. The Morgan fingerprint density at radius 2 is 1.83 bits per heavy atom. The van der Waals surface area contributed by atoms with Crippen molar-refractivity contribution in [3.05, 3.63) is 64.7 Å². The zero-order valence-electron chi connectivity index (χ0n) is 13.3. The number of halogens is 1. The van der Waals surface area contributed by atoms with Crippen molar-refractivity contribution in [3.63, 3.8) is 0 Å². The van der Waals surface area contributed by atoms with Gasteiger partial charge in [-0.2, -0.15) is 0 Å². The monoisotopic (exact) mass is 369 g/mol. The summed E-state index contributed by atoms with van der Waals surface area (Å²) < 4.78 is 32.9. The highest BCUT2D eigenvalue weighted by Gasteiger charge is 2.20. The maximum atomic E-state index is 12.4. The summed E-state index contributed by atoms with van der Waals surface area (Å²) in [6.45, 7) is 1.98. The molecule has 0 heterocycles. The SMILES string of the molecule is Cc1ccc(C(CNS(=O)(=O)c2ccccc2Cl)OCCO)cc1. The van der Waals surface area contributed by atoms with E-state index in [4.69, 9.17) is 21.4 Å². The molecule has 0 fully saturated rings. The van der Waals surface area contributed by atoms with Crippen LogP contribution < -0.4 is 4.72 Å². The quantitative estimate of drug-likeness (QED) is 0.750. The molecule has 0 aromatic heterocycles. The van der Waals surface area contributed by atoms with Crippen LogP contribution in [0.25, 0.3) is 0 Å². The fourth-order valence-corrected chi connectivity index (χ4v) is 3.72. The zero-order chi connectivity index (χ0) is 17.6. The summed E-state index contributed by atoms with van der Waals surface area (Å²) in [6, 6.07) is 13.8. The maximum Gasteiger partial charge on any atom is 0.242 e. The molecule has 0 bridgehead atoms. The van der Waals surface area contributed by atoms with Crippen LogP contribution in [0, 0.1) is 6.92 Å². The molecular weight excluding hydrogens is 350 g/mol. The summed E-state index contributed by atoms with van der Waals surface area (Å²) in [5.41, 5.74) is 1.92. The van der Waals surface area contributed by atoms with E-state index in [9.17, 15) is 8.42 Å². The van der Waals surface area contributed by atoms with Crippen molar-refractivity contribution in [3.8, 4) is 0 Å². The van der Waals surface area contributed by atoms with E-state index < -0.39 is 16.1 Å². The van der Waals surface area contributed by atoms with Gasteiger partial charge in [0.15, 0.2) is 0 Å². The van der Waals surface area contributed by atoms with Crippen molar-refractivity contribution in [2.45, 2.75) is 17.9 Å². The number of hydrogen-bond acceptors (Lipinski definition) is 4. The molecule has 0 saturated carbocycles. The third-order valence-electron chi connectivity index (χ3n) is 3.44. The molecule has 2 aromatic rings. The number of rotatable bonds is 8. The standard InChI is InChI=1S/C17H20ClNO4S/c1-13-6-8-14(9-7-13)16(23-11-10-20)12-19-24(21,22)17-5-3-2-4-15(17)18/h2-9,16,19-20H,10-12H2,1H3. The molecule has 2 aromatic carbocycles. The zero-order valence-corrected chi connectivity index (χ0v) is 14.8. The van der Waals surface area contributed by atoms with Crippen molar-refractivity contribution >= 4 is 21.6 Å². The Bertz CT molecular complexity index is 762. The Morgan fingerprint density at radius 3 is 2.46 bits per heavy atom. The minimum Gasteiger partial charge on any atom is -0.394 e. The van der Waals surface area contributed by atoms with Crippen molar-refractivity contribution in [2.75, 3.05) is 19.8 Å². The molecule has 0 saturated heterocycles. The predicted molar refractivity (Wildman–Crippen MR) is 93.6 cm³/mol. The number of aliphatic hydroxyl groups excluding tert-OH is 1. The van der Waals surface area contributed by atoms with Gasteiger partial charge in [0.25, 0.3) is 0 Å². The molecule has 1 unspecified atom stereocenters. The molecule has 24 heavy (non-hydrogen) atoms. The van der Waals surface area contributed by atoms with E-state index >= 15 is 0 Å². The lowest BCUT2D eigenvalue weighted by atomic mass is 10.1. The van der Waals surface area contributed by atoms with Gasteiger partial charge in [-0.3, -0.25) is 0 Å². The van der Waals surface area contributed by atoms with Crippen LogP contribution >= 0.6 is 11.6 Å². The first-order valence-corrected chi connectivity index (χ1v) is 9.33. The van der Waals surface area contributed by atoms with Crippen LogP contribution in [0.2, 0.25) is 5.02 Å². The summed E-state index contributed by atoms with van der Waals surface area (Å²) in [5, 5.41) is 9.13. The molecule has 0 amide bonds. The highest BCUT2D eigenvalue weighted by Crippen LogP contribution is 2.22. The van der Waals surface area contributed by atoms with Gasteiger partial charge in [0.1, 0.15) is 4.90 Å². The number of ether oxygens (including phenoxy) is 1. The third kappa shape index (κ3) is 5.03. The third-order valence-corrected chi connectivity index (χ3v) is 5.37. The van der Waals surface area contributed by atoms with Crippen LogP contribution in [0.1, 0.15) is 17.2 Å². The van der Waals surface area contributed by atoms with Gasteiger partial charge >= 0.3 is 0 Å². The van der Waals surface area contributed by atoms with E-state index in [0.717, 1.165) is 11.1 Å². The van der Waals surface area contributed by atoms with Crippen LogP contribution in [0.15, 0.2) is 53.4 Å². The van der Waals surface area contributed by atoms with Gasteiger partial charge in [0.2, 0.25) is 10.0 Å². The minimum atomic E-state index is -3.75. The Kier molecular flexibility index (Phi) is 6.77. The lowest BCUT2D eigenvalue weighted by Gasteiger charge is -2.19.